The van der Waals surface area contributed by atoms with Gasteiger partial charge in [-0.15, -0.1) is 0 Å². The fourth-order valence-corrected chi connectivity index (χ4v) is 4.50. The van der Waals surface area contributed by atoms with Crippen molar-refractivity contribution in [1.82, 2.24) is 14.2 Å². The molecule has 1 aliphatic rings. The summed E-state index contributed by atoms with van der Waals surface area (Å²) < 4.78 is 51.5. The van der Waals surface area contributed by atoms with E-state index in [1.54, 1.807) is 7.05 Å². The van der Waals surface area contributed by atoms with Crippen LogP contribution in [0.25, 0.3) is 11.3 Å². The first-order valence-corrected chi connectivity index (χ1v) is 11.4. The summed E-state index contributed by atoms with van der Waals surface area (Å²) >= 11 is 6.20. The number of carbonyl (C=O) groups is 1. The highest BCUT2D eigenvalue weighted by molar-refractivity contribution is 7.88. The van der Waals surface area contributed by atoms with E-state index in [0.717, 1.165) is 18.2 Å². The van der Waals surface area contributed by atoms with Gasteiger partial charge < -0.3 is 10.2 Å². The Labute approximate surface area is 186 Å². The van der Waals surface area contributed by atoms with Crippen molar-refractivity contribution in [1.29, 1.82) is 0 Å². The Morgan fingerprint density at radius 1 is 1.19 bits per heavy atom. The molecule has 0 aliphatic carbocycles. The lowest BCUT2D eigenvalue weighted by molar-refractivity contribution is 0.174. The van der Waals surface area contributed by atoms with Crippen molar-refractivity contribution < 1.29 is 22.0 Å². The van der Waals surface area contributed by atoms with Crippen LogP contribution in [0.2, 0.25) is 5.02 Å². The lowest BCUT2D eigenvalue weighted by Crippen LogP contribution is -2.48. The number of anilines is 1. The molecule has 0 unspecified atom stereocenters. The summed E-state index contributed by atoms with van der Waals surface area (Å²) in [5, 5.41) is 2.81. The maximum atomic E-state index is 13.4. The Balaban J connectivity index is 0.00000341. The summed E-state index contributed by atoms with van der Waals surface area (Å²) in [6.45, 7) is 0.709. The molecule has 7 nitrogen and oxygen atoms in total. The molecule has 1 aromatic carbocycles. The highest BCUT2D eigenvalue weighted by Gasteiger charge is 2.29. The molecular formula is C20H25ClF2N4O3S. The van der Waals surface area contributed by atoms with Crippen molar-refractivity contribution in [3.05, 3.63) is 47.1 Å². The smallest absolute Gasteiger partial charge is 0.321 e. The summed E-state index contributed by atoms with van der Waals surface area (Å²) in [6.07, 6.45) is 3.57. The first-order valence-electron chi connectivity index (χ1n) is 9.15. The Morgan fingerprint density at radius 3 is 2.29 bits per heavy atom. The molecule has 11 heteroatoms. The second-order valence-electron chi connectivity index (χ2n) is 7.15. The lowest BCUT2D eigenvalue weighted by atomic mass is 10.1. The van der Waals surface area contributed by atoms with Gasteiger partial charge in [-0.2, -0.15) is 0 Å². The van der Waals surface area contributed by atoms with Crippen molar-refractivity contribution in [2.75, 3.05) is 31.7 Å². The van der Waals surface area contributed by atoms with Crippen LogP contribution in [0.4, 0.5) is 19.3 Å². The fourth-order valence-electron chi connectivity index (χ4n) is 3.35. The minimum atomic E-state index is -3.24. The minimum absolute atomic E-state index is 0. The van der Waals surface area contributed by atoms with Gasteiger partial charge in [0.1, 0.15) is 11.6 Å². The SMILES string of the molecule is C.CN(C(=O)Nc1cnc(-c2cc(F)cc(F)c2)c(Cl)c1)C1CCN(S(C)(=O)=O)CC1. The van der Waals surface area contributed by atoms with Gasteiger partial charge in [0.15, 0.2) is 0 Å². The number of rotatable bonds is 4. The molecule has 31 heavy (non-hydrogen) atoms. The molecule has 0 spiro atoms. The van der Waals surface area contributed by atoms with Gasteiger partial charge in [0.25, 0.3) is 0 Å². The van der Waals surface area contributed by atoms with Gasteiger partial charge in [0, 0.05) is 37.8 Å². The van der Waals surface area contributed by atoms with Crippen LogP contribution >= 0.6 is 11.6 Å². The zero-order valence-electron chi connectivity index (χ0n) is 16.4. The molecule has 2 aromatic rings. The highest BCUT2D eigenvalue weighted by Crippen LogP contribution is 2.29. The first kappa shape index (κ1) is 25.0. The van der Waals surface area contributed by atoms with Crippen molar-refractivity contribution in [3.63, 3.8) is 0 Å². The molecule has 2 heterocycles. The van der Waals surface area contributed by atoms with E-state index in [9.17, 15) is 22.0 Å². The number of halogens is 3. The molecule has 1 saturated heterocycles. The maximum absolute atomic E-state index is 13.4. The maximum Gasteiger partial charge on any atom is 0.321 e. The number of amides is 2. The fraction of sp³-hybridized carbons (Fsp3) is 0.400. The van der Waals surface area contributed by atoms with Crippen molar-refractivity contribution >= 4 is 33.3 Å². The van der Waals surface area contributed by atoms with E-state index in [2.05, 4.69) is 10.3 Å². The summed E-state index contributed by atoms with van der Waals surface area (Å²) in [4.78, 5) is 18.2. The number of nitrogens with one attached hydrogen (secondary N) is 1. The Morgan fingerprint density at radius 2 is 1.77 bits per heavy atom. The summed E-state index contributed by atoms with van der Waals surface area (Å²) in [5.41, 5.74) is 0.700. The largest absolute Gasteiger partial charge is 0.325 e. The van der Waals surface area contributed by atoms with E-state index in [1.165, 1.54) is 27.7 Å². The van der Waals surface area contributed by atoms with Gasteiger partial charge in [-0.1, -0.05) is 19.0 Å². The van der Waals surface area contributed by atoms with Crippen LogP contribution in [-0.2, 0) is 10.0 Å². The minimum Gasteiger partial charge on any atom is -0.325 e. The van der Waals surface area contributed by atoms with E-state index in [0.29, 0.717) is 31.6 Å². The van der Waals surface area contributed by atoms with E-state index in [4.69, 9.17) is 11.6 Å². The van der Waals surface area contributed by atoms with E-state index >= 15 is 0 Å². The molecule has 2 amide bonds. The van der Waals surface area contributed by atoms with Gasteiger partial charge in [0.05, 0.1) is 28.9 Å². The molecule has 0 saturated carbocycles. The van der Waals surface area contributed by atoms with Crippen LogP contribution in [0.1, 0.15) is 20.3 Å². The molecule has 0 bridgehead atoms. The molecular weight excluding hydrogens is 450 g/mol. The number of sulfonamides is 1. The molecule has 1 aromatic heterocycles. The second kappa shape index (κ2) is 9.88. The number of hydrogen-bond donors (Lipinski definition) is 1. The van der Waals surface area contributed by atoms with Gasteiger partial charge in [-0.3, -0.25) is 4.98 Å². The standard InChI is InChI=1S/C19H21ClF2N4O3S.CH4/c1-25(16-3-5-26(6-4-16)30(2,28)29)19(27)24-15-10-17(20)18(23-11-15)12-7-13(21)9-14(22)8-12;/h7-11,16H,3-6H2,1-2H3,(H,24,27);1H4. The zero-order valence-corrected chi connectivity index (χ0v) is 18.0. The predicted octanol–water partition coefficient (Wildman–Crippen LogP) is 4.20. The molecule has 1 aliphatic heterocycles. The number of aromatic nitrogens is 1. The average molecular weight is 475 g/mol. The molecule has 0 atom stereocenters. The number of hydrogen-bond acceptors (Lipinski definition) is 4. The number of urea groups is 1. The molecule has 0 radical (unpaired) electrons. The normalized spacial score (nSPS) is 15.3. The average Bonchev–Trinajstić information content (AvgIpc) is 2.66. The van der Waals surface area contributed by atoms with Gasteiger partial charge in [-0.05, 0) is 31.0 Å². The quantitative estimate of drug-likeness (QED) is 0.719. The summed E-state index contributed by atoms with van der Waals surface area (Å²) in [6, 6.07) is 3.93. The third kappa shape index (κ3) is 6.11. The number of carbonyl (C=O) groups excluding carboxylic acids is 1. The van der Waals surface area contributed by atoms with E-state index in [1.807, 2.05) is 0 Å². The number of pyridine rings is 1. The van der Waals surface area contributed by atoms with Crippen LogP contribution in [-0.4, -0.2) is 61.1 Å². The van der Waals surface area contributed by atoms with E-state index in [-0.39, 0.29) is 29.7 Å². The van der Waals surface area contributed by atoms with Gasteiger partial charge >= 0.3 is 6.03 Å². The summed E-state index contributed by atoms with van der Waals surface area (Å²) in [7, 11) is -1.60. The van der Waals surface area contributed by atoms with Gasteiger partial charge in [0.2, 0.25) is 10.0 Å². The Kier molecular flexibility index (Phi) is 7.96. The second-order valence-corrected chi connectivity index (χ2v) is 9.54. The molecule has 1 N–H and O–H groups in total. The monoisotopic (exact) mass is 474 g/mol. The highest BCUT2D eigenvalue weighted by atomic mass is 35.5. The number of piperidine rings is 1. The summed E-state index contributed by atoms with van der Waals surface area (Å²) in [5.74, 6) is -1.49. The Hall–Kier alpha value is -2.30. The van der Waals surface area contributed by atoms with E-state index < -0.39 is 27.7 Å². The Bertz CT molecular complexity index is 1040. The van der Waals surface area contributed by atoms with Crippen molar-refractivity contribution in [2.45, 2.75) is 26.3 Å². The van der Waals surface area contributed by atoms with Crippen LogP contribution < -0.4 is 5.32 Å². The topological polar surface area (TPSA) is 82.6 Å². The lowest BCUT2D eigenvalue weighted by Gasteiger charge is -2.35. The van der Waals surface area contributed by atoms with Crippen molar-refractivity contribution in [3.8, 4) is 11.3 Å². The molecule has 170 valence electrons. The van der Waals surface area contributed by atoms with Crippen LogP contribution in [0.5, 0.6) is 0 Å². The first-order chi connectivity index (χ1) is 14.0. The van der Waals surface area contributed by atoms with Crippen LogP contribution in [0.15, 0.2) is 30.5 Å². The molecule has 3 rings (SSSR count). The third-order valence-electron chi connectivity index (χ3n) is 4.99. The van der Waals surface area contributed by atoms with Gasteiger partial charge in [-0.25, -0.2) is 26.3 Å². The third-order valence-corrected chi connectivity index (χ3v) is 6.58. The van der Waals surface area contributed by atoms with Crippen LogP contribution in [0, 0.1) is 11.6 Å². The van der Waals surface area contributed by atoms with Crippen LogP contribution in [0.3, 0.4) is 0 Å². The molecule has 1 fully saturated rings. The number of nitrogens with zero attached hydrogens (tertiary/aromatic N) is 3. The predicted molar refractivity (Wildman–Crippen MR) is 118 cm³/mol. The van der Waals surface area contributed by atoms with Crippen molar-refractivity contribution in [2.24, 2.45) is 0 Å². The number of benzene rings is 1. The zero-order chi connectivity index (χ0) is 22.1.